The Bertz CT molecular complexity index is 1660. The first kappa shape index (κ1) is 22.9. The number of aliphatic hydroxyl groups is 1. The fourth-order valence-electron chi connectivity index (χ4n) is 4.73. The number of fused-ring (bicyclic) bond motifs is 6. The molecular weight excluding hydrogens is 456 g/mol. The molecule has 0 saturated carbocycles. The van der Waals surface area contributed by atoms with Crippen LogP contribution < -0.4 is 0 Å². The Morgan fingerprint density at radius 2 is 1.63 bits per heavy atom. The Morgan fingerprint density at radius 3 is 2.31 bits per heavy atom. The summed E-state index contributed by atoms with van der Waals surface area (Å²) in [4.78, 5) is 8.29. The van der Waals surface area contributed by atoms with E-state index in [2.05, 4.69) is 35.3 Å². The molecule has 0 atom stereocenters. The van der Waals surface area contributed by atoms with Crippen LogP contribution >= 0.6 is 11.6 Å². The Kier molecular flexibility index (Phi) is 5.69. The lowest BCUT2D eigenvalue weighted by Gasteiger charge is -2.16. The number of imidazole rings is 1. The largest absolute Gasteiger partial charge is 0.390 e. The van der Waals surface area contributed by atoms with Gasteiger partial charge in [-0.25, -0.2) is 4.98 Å². The lowest BCUT2D eigenvalue weighted by molar-refractivity contribution is 0.0689. The monoisotopic (exact) mass is 478 g/mol. The zero-order chi connectivity index (χ0) is 24.7. The van der Waals surface area contributed by atoms with Crippen molar-refractivity contribution >= 4 is 44.2 Å². The molecule has 5 nitrogen and oxygen atoms in total. The number of halogens is 1. The molecule has 0 unspecified atom stereocenters. The van der Waals surface area contributed by atoms with Crippen LogP contribution in [0.2, 0.25) is 5.02 Å². The molecule has 1 aromatic heterocycles. The molecule has 0 aliphatic rings. The van der Waals surface area contributed by atoms with Crippen molar-refractivity contribution in [1.29, 1.82) is 10.5 Å². The van der Waals surface area contributed by atoms with Gasteiger partial charge in [0.2, 0.25) is 0 Å². The third kappa shape index (κ3) is 4.21. The number of aromatic amines is 1. The molecule has 35 heavy (non-hydrogen) atoms. The van der Waals surface area contributed by atoms with Gasteiger partial charge in [-0.3, -0.25) is 0 Å². The van der Waals surface area contributed by atoms with Crippen LogP contribution in [-0.4, -0.2) is 20.7 Å². The lowest BCUT2D eigenvalue weighted by atomic mass is 9.95. The average Bonchev–Trinajstić information content (AvgIpc) is 3.28. The van der Waals surface area contributed by atoms with Crippen LogP contribution in [0.3, 0.4) is 0 Å². The predicted molar refractivity (Wildman–Crippen MR) is 140 cm³/mol. The highest BCUT2D eigenvalue weighted by atomic mass is 35.5. The number of nitriles is 2. The van der Waals surface area contributed by atoms with Gasteiger partial charge in [0.05, 0.1) is 45.5 Å². The molecular formula is C29H23ClN4O. The topological polar surface area (TPSA) is 96.5 Å². The van der Waals surface area contributed by atoms with Gasteiger partial charge in [-0.1, -0.05) is 41.9 Å². The van der Waals surface area contributed by atoms with Crippen molar-refractivity contribution in [1.82, 2.24) is 9.97 Å². The standard InChI is InChI=1S/C29H23ClN4O/c1-29(2,35)12-4-5-17-8-10-21-23(13-17)24-14-20(30)9-11-22(24)27-26(21)33-28(34-27)25-18(15-31)6-3-7-19(25)16-32/h3,6-11,13-14,35H,4-5,12H2,1-2H3,(H,33,34). The number of nitrogens with zero attached hydrogens (tertiary/aromatic N) is 3. The van der Waals surface area contributed by atoms with E-state index in [9.17, 15) is 15.6 Å². The Balaban J connectivity index is 1.76. The quantitative estimate of drug-likeness (QED) is 0.265. The van der Waals surface area contributed by atoms with Crippen molar-refractivity contribution in [3.8, 4) is 23.5 Å². The Labute approximate surface area is 208 Å². The van der Waals surface area contributed by atoms with Gasteiger partial charge in [0.25, 0.3) is 0 Å². The first-order valence-electron chi connectivity index (χ1n) is 11.5. The Hall–Kier alpha value is -3.90. The molecule has 172 valence electrons. The smallest absolute Gasteiger partial charge is 0.141 e. The van der Waals surface area contributed by atoms with Gasteiger partial charge >= 0.3 is 0 Å². The van der Waals surface area contributed by atoms with Crippen LogP contribution in [0.15, 0.2) is 54.6 Å². The maximum atomic E-state index is 10.1. The second kappa shape index (κ2) is 8.71. The van der Waals surface area contributed by atoms with Crippen LogP contribution in [0, 0.1) is 22.7 Å². The van der Waals surface area contributed by atoms with Crippen LogP contribution in [0.5, 0.6) is 0 Å². The fourth-order valence-corrected chi connectivity index (χ4v) is 4.91. The highest BCUT2D eigenvalue weighted by molar-refractivity contribution is 6.33. The van der Waals surface area contributed by atoms with Gasteiger partial charge < -0.3 is 10.1 Å². The molecule has 0 spiro atoms. The second-order valence-corrected chi connectivity index (χ2v) is 9.93. The summed E-state index contributed by atoms with van der Waals surface area (Å²) in [5.41, 5.74) is 3.42. The van der Waals surface area contributed by atoms with Gasteiger partial charge in [-0.2, -0.15) is 10.5 Å². The van der Waals surface area contributed by atoms with Gasteiger partial charge in [0.1, 0.15) is 5.82 Å². The zero-order valence-electron chi connectivity index (χ0n) is 19.5. The lowest BCUT2D eigenvalue weighted by Crippen LogP contribution is -2.18. The second-order valence-electron chi connectivity index (χ2n) is 9.50. The molecule has 5 rings (SSSR count). The summed E-state index contributed by atoms with van der Waals surface area (Å²) >= 11 is 6.40. The van der Waals surface area contributed by atoms with E-state index in [1.807, 2.05) is 32.0 Å². The number of nitrogens with one attached hydrogen (secondary N) is 1. The first-order valence-corrected chi connectivity index (χ1v) is 11.9. The maximum absolute atomic E-state index is 10.1. The molecule has 5 aromatic rings. The number of hydrogen-bond acceptors (Lipinski definition) is 4. The van der Waals surface area contributed by atoms with E-state index in [1.54, 1.807) is 18.2 Å². The van der Waals surface area contributed by atoms with Gasteiger partial charge in [0.15, 0.2) is 0 Å². The fraction of sp³-hybridized carbons (Fsp3) is 0.207. The van der Waals surface area contributed by atoms with Crippen LogP contribution in [0.4, 0.5) is 0 Å². The molecule has 0 aliphatic heterocycles. The minimum atomic E-state index is -0.683. The van der Waals surface area contributed by atoms with Gasteiger partial charge in [-0.15, -0.1) is 0 Å². The Morgan fingerprint density at radius 1 is 0.943 bits per heavy atom. The average molecular weight is 479 g/mol. The third-order valence-electron chi connectivity index (χ3n) is 6.38. The number of H-pyrrole nitrogens is 1. The molecule has 0 saturated heterocycles. The summed E-state index contributed by atoms with van der Waals surface area (Å²) in [6.07, 6.45) is 2.46. The van der Waals surface area contributed by atoms with Gasteiger partial charge in [0, 0.05) is 15.8 Å². The zero-order valence-corrected chi connectivity index (χ0v) is 20.2. The summed E-state index contributed by atoms with van der Waals surface area (Å²) in [5.74, 6) is 0.492. The van der Waals surface area contributed by atoms with Crippen molar-refractivity contribution in [3.05, 3.63) is 76.3 Å². The summed E-state index contributed by atoms with van der Waals surface area (Å²) in [6, 6.07) is 21.6. The van der Waals surface area contributed by atoms with Crippen LogP contribution in [0.1, 0.15) is 43.4 Å². The van der Waals surface area contributed by atoms with Crippen molar-refractivity contribution < 1.29 is 5.11 Å². The van der Waals surface area contributed by atoms with E-state index in [0.29, 0.717) is 27.5 Å². The highest BCUT2D eigenvalue weighted by Gasteiger charge is 2.19. The predicted octanol–water partition coefficient (Wildman–Crippen LogP) is 7.03. The van der Waals surface area contributed by atoms with Gasteiger partial charge in [-0.05, 0) is 73.7 Å². The van der Waals surface area contributed by atoms with E-state index in [1.165, 1.54) is 5.56 Å². The molecule has 6 heteroatoms. The van der Waals surface area contributed by atoms with Crippen LogP contribution in [-0.2, 0) is 6.42 Å². The van der Waals surface area contributed by atoms with E-state index in [-0.39, 0.29) is 0 Å². The number of rotatable bonds is 5. The van der Waals surface area contributed by atoms with E-state index in [0.717, 1.165) is 51.8 Å². The summed E-state index contributed by atoms with van der Waals surface area (Å²) in [6.45, 7) is 3.66. The number of aryl methyl sites for hydroxylation is 1. The minimum absolute atomic E-state index is 0.397. The number of benzene rings is 4. The first-order chi connectivity index (χ1) is 16.8. The van der Waals surface area contributed by atoms with Crippen molar-refractivity contribution in [2.45, 2.75) is 38.7 Å². The number of hydrogen-bond donors (Lipinski definition) is 2. The van der Waals surface area contributed by atoms with E-state index < -0.39 is 5.60 Å². The van der Waals surface area contributed by atoms with E-state index >= 15 is 0 Å². The van der Waals surface area contributed by atoms with Crippen molar-refractivity contribution in [2.75, 3.05) is 0 Å². The minimum Gasteiger partial charge on any atom is -0.390 e. The molecule has 2 N–H and O–H groups in total. The summed E-state index contributed by atoms with van der Waals surface area (Å²) in [7, 11) is 0. The molecule has 0 aliphatic carbocycles. The molecule has 0 amide bonds. The third-order valence-corrected chi connectivity index (χ3v) is 6.62. The molecule has 4 aromatic carbocycles. The molecule has 0 fully saturated rings. The number of aromatic nitrogens is 2. The molecule has 0 radical (unpaired) electrons. The van der Waals surface area contributed by atoms with Crippen LogP contribution in [0.25, 0.3) is 44.0 Å². The normalized spacial score (nSPS) is 11.7. The SMILES string of the molecule is CC(C)(O)CCCc1ccc2c(c1)c1cc(Cl)ccc1c1nc(-c3c(C#N)cccc3C#N)[nH]c21. The van der Waals surface area contributed by atoms with Crippen molar-refractivity contribution in [3.63, 3.8) is 0 Å². The highest BCUT2D eigenvalue weighted by Crippen LogP contribution is 2.38. The molecule has 0 bridgehead atoms. The maximum Gasteiger partial charge on any atom is 0.141 e. The summed E-state index contributed by atoms with van der Waals surface area (Å²) < 4.78 is 0. The summed E-state index contributed by atoms with van der Waals surface area (Å²) in [5, 5.41) is 34.0. The van der Waals surface area contributed by atoms with E-state index in [4.69, 9.17) is 16.6 Å². The molecule has 1 heterocycles. The van der Waals surface area contributed by atoms with Crippen molar-refractivity contribution in [2.24, 2.45) is 0 Å².